The van der Waals surface area contributed by atoms with E-state index < -0.39 is 4.92 Å². The minimum absolute atomic E-state index is 0.00469. The molecule has 0 fully saturated rings. The zero-order chi connectivity index (χ0) is 14.5. The minimum Gasteiger partial charge on any atom is -0.308 e. The number of nitro groups is 1. The van der Waals surface area contributed by atoms with E-state index >= 15 is 0 Å². The second-order valence-electron chi connectivity index (χ2n) is 3.96. The molecule has 0 radical (unpaired) electrons. The molecule has 104 valence electrons. The van der Waals surface area contributed by atoms with Gasteiger partial charge in [-0.05, 0) is 6.26 Å². The van der Waals surface area contributed by atoms with Crippen LogP contribution in [-0.2, 0) is 4.79 Å². The van der Waals surface area contributed by atoms with Crippen LogP contribution in [0.1, 0.15) is 0 Å². The van der Waals surface area contributed by atoms with E-state index in [1.165, 1.54) is 23.9 Å². The molecule has 0 saturated heterocycles. The van der Waals surface area contributed by atoms with Crippen molar-refractivity contribution in [1.29, 1.82) is 0 Å². The molecule has 0 unspecified atom stereocenters. The molecule has 20 heavy (non-hydrogen) atoms. The summed E-state index contributed by atoms with van der Waals surface area (Å²) in [6.07, 6.45) is 1.83. The fourth-order valence-corrected chi connectivity index (χ4v) is 1.97. The quantitative estimate of drug-likeness (QED) is 0.650. The lowest BCUT2D eigenvalue weighted by atomic mass is 10.1. The van der Waals surface area contributed by atoms with Gasteiger partial charge < -0.3 is 5.32 Å². The maximum absolute atomic E-state index is 11.4. The number of hydrogen-bond acceptors (Lipinski definition) is 5. The fourth-order valence-electron chi connectivity index (χ4n) is 1.63. The maximum Gasteiger partial charge on any atom is 0.270 e. The molecule has 0 saturated carbocycles. The molecule has 2 rings (SSSR count). The Hall–Kier alpha value is -2.35. The first-order chi connectivity index (χ1) is 9.60. The number of nitrogens with one attached hydrogen (secondary N) is 2. The maximum atomic E-state index is 11.4. The molecule has 1 aromatic carbocycles. The van der Waals surface area contributed by atoms with Gasteiger partial charge in [-0.2, -0.15) is 16.9 Å². The summed E-state index contributed by atoms with van der Waals surface area (Å²) in [6, 6.07) is 7.83. The number of rotatable bonds is 5. The first kappa shape index (κ1) is 14.1. The van der Waals surface area contributed by atoms with Gasteiger partial charge in [0.15, 0.2) is 5.82 Å². The summed E-state index contributed by atoms with van der Waals surface area (Å²) in [5.41, 5.74) is 1.25. The van der Waals surface area contributed by atoms with Crippen molar-refractivity contribution in [3.05, 3.63) is 40.4 Å². The van der Waals surface area contributed by atoms with Crippen LogP contribution in [0.4, 0.5) is 11.5 Å². The van der Waals surface area contributed by atoms with Crippen molar-refractivity contribution >= 4 is 29.2 Å². The van der Waals surface area contributed by atoms with Crippen molar-refractivity contribution in [3.8, 4) is 11.3 Å². The number of aromatic amines is 1. The molecule has 0 aliphatic carbocycles. The summed E-state index contributed by atoms with van der Waals surface area (Å²) in [5, 5.41) is 20.1. The Balaban J connectivity index is 2.18. The number of anilines is 1. The normalized spacial score (nSPS) is 10.2. The van der Waals surface area contributed by atoms with Crippen molar-refractivity contribution in [2.75, 3.05) is 17.3 Å². The first-order valence-electron chi connectivity index (χ1n) is 5.69. The van der Waals surface area contributed by atoms with Crippen molar-refractivity contribution in [2.24, 2.45) is 0 Å². The largest absolute Gasteiger partial charge is 0.308 e. The third kappa shape index (κ3) is 3.35. The van der Waals surface area contributed by atoms with Crippen LogP contribution in [0.15, 0.2) is 30.3 Å². The summed E-state index contributed by atoms with van der Waals surface area (Å²) in [5.74, 6) is 0.596. The number of H-pyrrole nitrogens is 1. The molecule has 0 aliphatic heterocycles. The van der Waals surface area contributed by atoms with E-state index in [1.54, 1.807) is 18.2 Å². The Morgan fingerprint density at radius 2 is 2.30 bits per heavy atom. The van der Waals surface area contributed by atoms with Crippen LogP contribution in [0.5, 0.6) is 0 Å². The minimum atomic E-state index is -0.457. The predicted octanol–water partition coefficient (Wildman–Crippen LogP) is 2.29. The van der Waals surface area contributed by atoms with E-state index in [0.29, 0.717) is 22.8 Å². The molecule has 7 nitrogen and oxygen atoms in total. The van der Waals surface area contributed by atoms with Crippen molar-refractivity contribution in [3.63, 3.8) is 0 Å². The number of carbonyl (C=O) groups is 1. The molecule has 2 N–H and O–H groups in total. The average Bonchev–Trinajstić information content (AvgIpc) is 2.87. The predicted molar refractivity (Wildman–Crippen MR) is 77.7 cm³/mol. The molecular weight excluding hydrogens is 280 g/mol. The third-order valence-corrected chi connectivity index (χ3v) is 3.04. The molecular formula is C12H12N4O3S. The molecule has 1 amide bonds. The Kier molecular flexibility index (Phi) is 4.36. The van der Waals surface area contributed by atoms with Gasteiger partial charge in [-0.3, -0.25) is 20.0 Å². The molecule has 2 aromatic rings. The highest BCUT2D eigenvalue weighted by atomic mass is 32.2. The van der Waals surface area contributed by atoms with Gasteiger partial charge in [0.05, 0.1) is 16.4 Å². The smallest absolute Gasteiger partial charge is 0.270 e. The van der Waals surface area contributed by atoms with Gasteiger partial charge in [0.1, 0.15) is 0 Å². The van der Waals surface area contributed by atoms with Gasteiger partial charge in [-0.25, -0.2) is 0 Å². The van der Waals surface area contributed by atoms with Crippen LogP contribution in [0, 0.1) is 10.1 Å². The number of nitrogens with zero attached hydrogens (tertiary/aromatic N) is 2. The lowest BCUT2D eigenvalue weighted by Crippen LogP contribution is -2.13. The first-order valence-corrected chi connectivity index (χ1v) is 7.08. The monoisotopic (exact) mass is 292 g/mol. The van der Waals surface area contributed by atoms with Gasteiger partial charge in [-0.1, -0.05) is 12.1 Å². The summed E-state index contributed by atoms with van der Waals surface area (Å²) in [7, 11) is 0. The number of nitro benzene ring substituents is 1. The highest BCUT2D eigenvalue weighted by Crippen LogP contribution is 2.23. The van der Waals surface area contributed by atoms with Crippen molar-refractivity contribution in [2.45, 2.75) is 0 Å². The van der Waals surface area contributed by atoms with Crippen molar-refractivity contribution < 1.29 is 9.72 Å². The molecule has 0 aliphatic rings. The Morgan fingerprint density at radius 3 is 3.00 bits per heavy atom. The topological polar surface area (TPSA) is 101 Å². The standard InChI is InChI=1S/C12H12N4O3S/c1-20-7-12(17)13-11-6-10(14-15-11)8-3-2-4-9(5-8)16(18)19/h2-6H,7H2,1H3,(H2,13,14,15,17). The molecule has 1 aromatic heterocycles. The van der Waals surface area contributed by atoms with Crippen LogP contribution in [0.25, 0.3) is 11.3 Å². The Morgan fingerprint density at radius 1 is 1.50 bits per heavy atom. The van der Waals surface area contributed by atoms with E-state index in [2.05, 4.69) is 15.5 Å². The van der Waals surface area contributed by atoms with Crippen molar-refractivity contribution in [1.82, 2.24) is 10.2 Å². The van der Waals surface area contributed by atoms with Crippen LogP contribution < -0.4 is 5.32 Å². The molecule has 8 heteroatoms. The van der Waals surface area contributed by atoms with Crippen LogP contribution in [0.3, 0.4) is 0 Å². The van der Waals surface area contributed by atoms with Gasteiger partial charge in [0.25, 0.3) is 5.69 Å². The molecule has 0 spiro atoms. The molecule has 0 atom stereocenters. The van der Waals surface area contributed by atoms with Crippen LogP contribution in [-0.4, -0.2) is 33.0 Å². The van der Waals surface area contributed by atoms with Gasteiger partial charge >= 0.3 is 0 Å². The fraction of sp³-hybridized carbons (Fsp3) is 0.167. The van der Waals surface area contributed by atoms with Gasteiger partial charge in [0.2, 0.25) is 5.91 Å². The second-order valence-corrected chi connectivity index (χ2v) is 4.82. The number of carbonyl (C=O) groups excluding carboxylic acids is 1. The highest BCUT2D eigenvalue weighted by Gasteiger charge is 2.10. The lowest BCUT2D eigenvalue weighted by molar-refractivity contribution is -0.384. The number of hydrogen-bond donors (Lipinski definition) is 2. The number of aromatic nitrogens is 2. The lowest BCUT2D eigenvalue weighted by Gasteiger charge is -1.98. The summed E-state index contributed by atoms with van der Waals surface area (Å²) in [6.45, 7) is 0. The van der Waals surface area contributed by atoms with E-state index in [4.69, 9.17) is 0 Å². The number of non-ortho nitro benzene ring substituents is 1. The summed E-state index contributed by atoms with van der Waals surface area (Å²) >= 11 is 1.41. The van der Waals surface area contributed by atoms with Gasteiger partial charge in [-0.15, -0.1) is 0 Å². The van der Waals surface area contributed by atoms with Crippen LogP contribution in [0.2, 0.25) is 0 Å². The third-order valence-electron chi connectivity index (χ3n) is 2.49. The zero-order valence-electron chi connectivity index (χ0n) is 10.6. The van der Waals surface area contributed by atoms with Crippen LogP contribution >= 0.6 is 11.8 Å². The number of amides is 1. The highest BCUT2D eigenvalue weighted by molar-refractivity contribution is 7.99. The SMILES string of the molecule is CSCC(=O)Nc1cc(-c2cccc([N+](=O)[O-])c2)[nH]n1. The number of benzene rings is 1. The zero-order valence-corrected chi connectivity index (χ0v) is 11.4. The van der Waals surface area contributed by atoms with E-state index in [1.807, 2.05) is 6.26 Å². The summed E-state index contributed by atoms with van der Waals surface area (Å²) < 4.78 is 0. The van der Waals surface area contributed by atoms with Gasteiger partial charge in [0, 0.05) is 23.8 Å². The summed E-state index contributed by atoms with van der Waals surface area (Å²) in [4.78, 5) is 21.7. The molecule has 0 bridgehead atoms. The second kappa shape index (κ2) is 6.20. The Labute approximate surface area is 118 Å². The van der Waals surface area contributed by atoms with E-state index in [0.717, 1.165) is 0 Å². The Bertz CT molecular complexity index is 641. The van der Waals surface area contributed by atoms with E-state index in [-0.39, 0.29) is 11.6 Å². The molecule has 1 heterocycles. The number of thioether (sulfide) groups is 1. The van der Waals surface area contributed by atoms with E-state index in [9.17, 15) is 14.9 Å². The average molecular weight is 292 g/mol.